The zero-order chi connectivity index (χ0) is 13.8. The van der Waals surface area contributed by atoms with Crippen molar-refractivity contribution < 1.29 is 4.92 Å². The van der Waals surface area contributed by atoms with E-state index in [0.29, 0.717) is 11.6 Å². The van der Waals surface area contributed by atoms with Crippen LogP contribution in [0.3, 0.4) is 0 Å². The molecular weight excluding hydrogens is 284 g/mol. The first-order valence-corrected chi connectivity index (χ1v) is 6.97. The van der Waals surface area contributed by atoms with Crippen molar-refractivity contribution in [3.05, 3.63) is 62.0 Å². The van der Waals surface area contributed by atoms with Gasteiger partial charge in [-0.2, -0.15) is 0 Å². The first-order chi connectivity index (χ1) is 9.06. The zero-order valence-corrected chi connectivity index (χ0v) is 11.9. The highest BCUT2D eigenvalue weighted by Crippen LogP contribution is 2.24. The lowest BCUT2D eigenvalue weighted by Gasteiger charge is -2.13. The van der Waals surface area contributed by atoms with Crippen LogP contribution in [0.4, 0.5) is 5.00 Å². The van der Waals surface area contributed by atoms with Crippen LogP contribution in [0.25, 0.3) is 0 Å². The molecule has 0 aliphatic carbocycles. The van der Waals surface area contributed by atoms with Gasteiger partial charge in [0.25, 0.3) is 0 Å². The van der Waals surface area contributed by atoms with E-state index >= 15 is 0 Å². The summed E-state index contributed by atoms with van der Waals surface area (Å²) in [5.41, 5.74) is 1.13. The molecule has 6 heteroatoms. The molecule has 4 nitrogen and oxygen atoms in total. The summed E-state index contributed by atoms with van der Waals surface area (Å²) in [5.74, 6) is 0. The molecule has 0 saturated heterocycles. The number of hydrogen-bond acceptors (Lipinski definition) is 4. The highest BCUT2D eigenvalue weighted by Gasteiger charge is 2.10. The minimum Gasteiger partial charge on any atom is -0.305 e. The second-order valence-electron chi connectivity index (χ2n) is 4.15. The summed E-state index contributed by atoms with van der Waals surface area (Å²) in [6.07, 6.45) is 0. The minimum atomic E-state index is -0.364. The molecule has 2 aromatic rings. The lowest BCUT2D eigenvalue weighted by atomic mass is 10.1. The average Bonchev–Trinajstić information content (AvgIpc) is 2.86. The Morgan fingerprint density at radius 1 is 1.32 bits per heavy atom. The van der Waals surface area contributed by atoms with Crippen molar-refractivity contribution in [2.75, 3.05) is 0 Å². The standard InChI is InChI=1S/C13H13ClN2O2S/c1-9(10-2-4-11(14)5-3-10)15-8-12-6-7-13(19-12)16(17)18/h2-7,9,15H,8H2,1H3/t9-/m0/s1. The van der Waals surface area contributed by atoms with Gasteiger partial charge in [-0.1, -0.05) is 35.1 Å². The summed E-state index contributed by atoms with van der Waals surface area (Å²) in [7, 11) is 0. The molecule has 100 valence electrons. The largest absolute Gasteiger partial charge is 0.324 e. The van der Waals surface area contributed by atoms with Crippen LogP contribution < -0.4 is 5.32 Å². The SMILES string of the molecule is C[C@H](NCc1ccc([N+](=O)[O-])s1)c1ccc(Cl)cc1. The maximum Gasteiger partial charge on any atom is 0.324 e. The Morgan fingerprint density at radius 2 is 2.00 bits per heavy atom. The van der Waals surface area contributed by atoms with Crippen molar-refractivity contribution >= 4 is 27.9 Å². The molecular formula is C13H13ClN2O2S. The van der Waals surface area contributed by atoms with Gasteiger partial charge in [-0.05, 0) is 30.7 Å². The van der Waals surface area contributed by atoms with Crippen molar-refractivity contribution in [2.45, 2.75) is 19.5 Å². The maximum atomic E-state index is 10.6. The smallest absolute Gasteiger partial charge is 0.305 e. The fourth-order valence-corrected chi connectivity index (χ4v) is 2.58. The van der Waals surface area contributed by atoms with E-state index in [2.05, 4.69) is 5.32 Å². The van der Waals surface area contributed by atoms with E-state index in [-0.39, 0.29) is 16.0 Å². The van der Waals surface area contributed by atoms with Crippen LogP contribution in [-0.4, -0.2) is 4.92 Å². The molecule has 1 N–H and O–H groups in total. The number of nitrogens with one attached hydrogen (secondary N) is 1. The van der Waals surface area contributed by atoms with Crippen molar-refractivity contribution in [3.63, 3.8) is 0 Å². The number of nitrogens with zero attached hydrogens (tertiary/aromatic N) is 1. The number of thiophene rings is 1. The number of nitro groups is 1. The molecule has 1 aromatic heterocycles. The van der Waals surface area contributed by atoms with Gasteiger partial charge in [0.1, 0.15) is 0 Å². The van der Waals surface area contributed by atoms with Gasteiger partial charge in [-0.25, -0.2) is 0 Å². The molecule has 1 aromatic carbocycles. The van der Waals surface area contributed by atoms with Crippen LogP contribution in [-0.2, 0) is 6.54 Å². The van der Waals surface area contributed by atoms with E-state index in [1.54, 1.807) is 6.07 Å². The van der Waals surface area contributed by atoms with Crippen LogP contribution in [0.5, 0.6) is 0 Å². The number of hydrogen-bond donors (Lipinski definition) is 1. The monoisotopic (exact) mass is 296 g/mol. The van der Waals surface area contributed by atoms with Crippen molar-refractivity contribution in [1.82, 2.24) is 5.32 Å². The van der Waals surface area contributed by atoms with Crippen molar-refractivity contribution in [2.24, 2.45) is 0 Å². The Hall–Kier alpha value is -1.43. The Balaban J connectivity index is 1.94. The molecule has 2 rings (SSSR count). The van der Waals surface area contributed by atoms with Crippen LogP contribution in [0.2, 0.25) is 5.02 Å². The third kappa shape index (κ3) is 3.76. The van der Waals surface area contributed by atoms with E-state index in [1.807, 2.05) is 31.2 Å². The molecule has 0 radical (unpaired) electrons. The Bertz CT molecular complexity index is 568. The minimum absolute atomic E-state index is 0.165. The number of benzene rings is 1. The highest BCUT2D eigenvalue weighted by molar-refractivity contribution is 7.15. The van der Waals surface area contributed by atoms with Crippen LogP contribution in [0.1, 0.15) is 23.4 Å². The summed E-state index contributed by atoms with van der Waals surface area (Å²) >= 11 is 7.04. The van der Waals surface area contributed by atoms with E-state index in [0.717, 1.165) is 10.4 Å². The first kappa shape index (κ1) is 14.0. The molecule has 0 unspecified atom stereocenters. The predicted octanol–water partition coefficient (Wildman–Crippen LogP) is 4.16. The fourth-order valence-electron chi connectivity index (χ4n) is 1.68. The Kier molecular flexibility index (Phi) is 4.52. The van der Waals surface area contributed by atoms with Crippen LogP contribution >= 0.6 is 22.9 Å². The summed E-state index contributed by atoms with van der Waals surface area (Å²) in [6, 6.07) is 11.1. The van der Waals surface area contributed by atoms with Gasteiger partial charge in [-0.15, -0.1) is 0 Å². The Labute approximate surface area is 120 Å². The molecule has 0 bridgehead atoms. The van der Waals surface area contributed by atoms with E-state index in [1.165, 1.54) is 17.4 Å². The molecule has 0 aliphatic rings. The maximum absolute atomic E-state index is 10.6. The molecule has 1 atom stereocenters. The second kappa shape index (κ2) is 6.14. The molecule has 0 fully saturated rings. The average molecular weight is 297 g/mol. The zero-order valence-electron chi connectivity index (χ0n) is 10.3. The lowest BCUT2D eigenvalue weighted by molar-refractivity contribution is -0.380. The fraction of sp³-hybridized carbons (Fsp3) is 0.231. The highest BCUT2D eigenvalue weighted by atomic mass is 35.5. The van der Waals surface area contributed by atoms with E-state index < -0.39 is 0 Å². The normalized spacial score (nSPS) is 12.3. The summed E-state index contributed by atoms with van der Waals surface area (Å²) in [6.45, 7) is 2.66. The third-order valence-electron chi connectivity index (χ3n) is 2.78. The molecule has 0 spiro atoms. The van der Waals surface area contributed by atoms with E-state index in [4.69, 9.17) is 11.6 Å². The van der Waals surface area contributed by atoms with Gasteiger partial charge in [-0.3, -0.25) is 10.1 Å². The van der Waals surface area contributed by atoms with Gasteiger partial charge in [0.05, 0.1) is 4.92 Å². The van der Waals surface area contributed by atoms with Gasteiger partial charge in [0, 0.05) is 28.6 Å². The van der Waals surface area contributed by atoms with Crippen molar-refractivity contribution in [3.8, 4) is 0 Å². The third-order valence-corrected chi connectivity index (χ3v) is 4.07. The van der Waals surface area contributed by atoms with Gasteiger partial charge in [0.15, 0.2) is 0 Å². The summed E-state index contributed by atoms with van der Waals surface area (Å²) < 4.78 is 0. The van der Waals surface area contributed by atoms with E-state index in [9.17, 15) is 10.1 Å². The van der Waals surface area contributed by atoms with Gasteiger partial charge < -0.3 is 5.32 Å². The van der Waals surface area contributed by atoms with Crippen LogP contribution in [0, 0.1) is 10.1 Å². The quantitative estimate of drug-likeness (QED) is 0.666. The lowest BCUT2D eigenvalue weighted by Crippen LogP contribution is -2.17. The summed E-state index contributed by atoms with van der Waals surface area (Å²) in [4.78, 5) is 11.2. The molecule has 0 saturated carbocycles. The summed E-state index contributed by atoms with van der Waals surface area (Å²) in [5, 5.41) is 14.8. The van der Waals surface area contributed by atoms with Gasteiger partial charge >= 0.3 is 5.00 Å². The Morgan fingerprint density at radius 3 is 2.58 bits per heavy atom. The number of halogens is 1. The second-order valence-corrected chi connectivity index (χ2v) is 5.73. The molecule has 0 amide bonds. The predicted molar refractivity (Wildman–Crippen MR) is 77.7 cm³/mol. The van der Waals surface area contributed by atoms with Gasteiger partial charge in [0.2, 0.25) is 0 Å². The molecule has 1 heterocycles. The first-order valence-electron chi connectivity index (χ1n) is 5.78. The van der Waals surface area contributed by atoms with Crippen LogP contribution in [0.15, 0.2) is 36.4 Å². The molecule has 0 aliphatic heterocycles. The van der Waals surface area contributed by atoms with Crippen molar-refractivity contribution in [1.29, 1.82) is 0 Å². The molecule has 19 heavy (non-hydrogen) atoms. The number of rotatable bonds is 5. The topological polar surface area (TPSA) is 55.2 Å².